The number of nitrogen functional groups attached to an aromatic ring is 2. The van der Waals surface area contributed by atoms with E-state index in [-0.39, 0.29) is 5.95 Å². The standard InChI is InChI=1S/C8H8N6/c1-2-3-4-5-6(9)11-8(10)12-7(5)14-13-4/h1H3,(H5,9,10,11,12,13,14). The first-order valence-electron chi connectivity index (χ1n) is 3.92. The van der Waals surface area contributed by atoms with Crippen molar-refractivity contribution in [2.75, 3.05) is 11.5 Å². The number of aromatic nitrogens is 4. The van der Waals surface area contributed by atoms with Gasteiger partial charge in [0.15, 0.2) is 5.65 Å². The fourth-order valence-corrected chi connectivity index (χ4v) is 1.18. The van der Waals surface area contributed by atoms with Gasteiger partial charge in [0.25, 0.3) is 0 Å². The lowest BCUT2D eigenvalue weighted by molar-refractivity contribution is 1.08. The normalized spacial score (nSPS) is 9.79. The van der Waals surface area contributed by atoms with Gasteiger partial charge >= 0.3 is 0 Å². The molecule has 0 saturated carbocycles. The molecule has 2 aromatic rings. The molecular formula is C8H8N6. The van der Waals surface area contributed by atoms with E-state index in [9.17, 15) is 0 Å². The van der Waals surface area contributed by atoms with Crippen molar-refractivity contribution in [3.63, 3.8) is 0 Å². The Balaban J connectivity index is 2.83. The molecule has 6 nitrogen and oxygen atoms in total. The van der Waals surface area contributed by atoms with E-state index in [2.05, 4.69) is 32.0 Å². The minimum atomic E-state index is 0.109. The monoisotopic (exact) mass is 188 g/mol. The SMILES string of the molecule is CC#Cc1[nH]nc2nc(N)nc(N)c12. The van der Waals surface area contributed by atoms with E-state index in [0.717, 1.165) is 0 Å². The number of rotatable bonds is 0. The van der Waals surface area contributed by atoms with Crippen LogP contribution in [0.25, 0.3) is 11.0 Å². The highest BCUT2D eigenvalue weighted by Gasteiger charge is 2.10. The van der Waals surface area contributed by atoms with Crippen molar-refractivity contribution < 1.29 is 0 Å². The van der Waals surface area contributed by atoms with E-state index < -0.39 is 0 Å². The molecule has 14 heavy (non-hydrogen) atoms. The van der Waals surface area contributed by atoms with Crippen LogP contribution in [0.1, 0.15) is 12.6 Å². The molecule has 0 aromatic carbocycles. The molecule has 0 fully saturated rings. The van der Waals surface area contributed by atoms with Gasteiger partial charge in [-0.1, -0.05) is 5.92 Å². The number of nitrogens with one attached hydrogen (secondary N) is 1. The minimum absolute atomic E-state index is 0.109. The Hall–Kier alpha value is -2.29. The van der Waals surface area contributed by atoms with Gasteiger partial charge in [0.2, 0.25) is 5.95 Å². The van der Waals surface area contributed by atoms with Crippen LogP contribution in [0.15, 0.2) is 0 Å². The van der Waals surface area contributed by atoms with Gasteiger partial charge in [-0.3, -0.25) is 5.10 Å². The van der Waals surface area contributed by atoms with E-state index in [0.29, 0.717) is 22.5 Å². The maximum atomic E-state index is 5.67. The Morgan fingerprint density at radius 2 is 2.07 bits per heavy atom. The quantitative estimate of drug-likeness (QED) is 0.500. The molecule has 2 heterocycles. The first kappa shape index (κ1) is 8.31. The maximum absolute atomic E-state index is 5.67. The van der Waals surface area contributed by atoms with Crippen LogP contribution in [0, 0.1) is 11.8 Å². The van der Waals surface area contributed by atoms with Crippen LogP contribution in [-0.2, 0) is 0 Å². The van der Waals surface area contributed by atoms with Crippen molar-refractivity contribution in [2.45, 2.75) is 6.92 Å². The van der Waals surface area contributed by atoms with Crippen LogP contribution in [0.3, 0.4) is 0 Å². The van der Waals surface area contributed by atoms with Crippen molar-refractivity contribution in [1.82, 2.24) is 20.2 Å². The predicted octanol–water partition coefficient (Wildman–Crippen LogP) is -0.111. The number of hydrogen-bond acceptors (Lipinski definition) is 5. The van der Waals surface area contributed by atoms with Gasteiger partial charge < -0.3 is 11.5 Å². The summed E-state index contributed by atoms with van der Waals surface area (Å²) in [5.74, 6) is 5.96. The van der Waals surface area contributed by atoms with Crippen LogP contribution < -0.4 is 11.5 Å². The van der Waals surface area contributed by atoms with Crippen molar-refractivity contribution in [1.29, 1.82) is 0 Å². The summed E-state index contributed by atoms with van der Waals surface area (Å²) in [6.07, 6.45) is 0. The van der Waals surface area contributed by atoms with Crippen LogP contribution in [0.2, 0.25) is 0 Å². The van der Waals surface area contributed by atoms with Crippen LogP contribution in [-0.4, -0.2) is 20.2 Å². The summed E-state index contributed by atoms with van der Waals surface area (Å²) in [6.45, 7) is 1.72. The lowest BCUT2D eigenvalue weighted by Crippen LogP contribution is -2.00. The molecule has 0 aliphatic heterocycles. The largest absolute Gasteiger partial charge is 0.383 e. The highest BCUT2D eigenvalue weighted by atomic mass is 15.2. The fraction of sp³-hybridized carbons (Fsp3) is 0.125. The van der Waals surface area contributed by atoms with E-state index in [1.807, 2.05) is 0 Å². The van der Waals surface area contributed by atoms with Crippen LogP contribution >= 0.6 is 0 Å². The molecule has 0 bridgehead atoms. The second-order valence-corrected chi connectivity index (χ2v) is 2.64. The van der Waals surface area contributed by atoms with Gasteiger partial charge in [-0.2, -0.15) is 15.1 Å². The molecule has 0 unspecified atom stereocenters. The summed E-state index contributed by atoms with van der Waals surface area (Å²) in [5, 5.41) is 7.26. The van der Waals surface area contributed by atoms with Gasteiger partial charge in [-0.05, 0) is 12.8 Å². The Labute approximate surface area is 79.7 Å². The second-order valence-electron chi connectivity index (χ2n) is 2.64. The third-order valence-electron chi connectivity index (χ3n) is 1.71. The zero-order valence-corrected chi connectivity index (χ0v) is 7.50. The minimum Gasteiger partial charge on any atom is -0.383 e. The average molecular weight is 188 g/mol. The molecule has 0 atom stereocenters. The number of aromatic amines is 1. The van der Waals surface area contributed by atoms with E-state index in [4.69, 9.17) is 11.5 Å². The van der Waals surface area contributed by atoms with Gasteiger partial charge in [0.05, 0.1) is 5.39 Å². The molecule has 0 saturated heterocycles. The Bertz CT molecular complexity index is 544. The molecule has 0 spiro atoms. The highest BCUT2D eigenvalue weighted by molar-refractivity contribution is 5.90. The smallest absolute Gasteiger partial charge is 0.224 e. The molecule has 5 N–H and O–H groups in total. The zero-order valence-electron chi connectivity index (χ0n) is 7.50. The number of fused-ring (bicyclic) bond motifs is 1. The fourth-order valence-electron chi connectivity index (χ4n) is 1.18. The average Bonchev–Trinajstić information content (AvgIpc) is 2.49. The van der Waals surface area contributed by atoms with Crippen molar-refractivity contribution >= 4 is 22.8 Å². The van der Waals surface area contributed by atoms with Crippen molar-refractivity contribution in [3.05, 3.63) is 5.69 Å². The third kappa shape index (κ3) is 1.11. The molecule has 2 rings (SSSR count). The Morgan fingerprint density at radius 3 is 2.79 bits per heavy atom. The summed E-state index contributed by atoms with van der Waals surface area (Å²) < 4.78 is 0. The lowest BCUT2D eigenvalue weighted by Gasteiger charge is -1.95. The molecule has 0 aliphatic rings. The van der Waals surface area contributed by atoms with Gasteiger partial charge in [-0.25, -0.2) is 0 Å². The summed E-state index contributed by atoms with van der Waals surface area (Å²) in [6, 6.07) is 0. The zero-order chi connectivity index (χ0) is 10.1. The van der Waals surface area contributed by atoms with E-state index in [1.165, 1.54) is 0 Å². The Morgan fingerprint density at radius 1 is 1.29 bits per heavy atom. The maximum Gasteiger partial charge on any atom is 0.224 e. The summed E-state index contributed by atoms with van der Waals surface area (Å²) in [4.78, 5) is 7.75. The number of anilines is 2. The van der Waals surface area contributed by atoms with Gasteiger partial charge in [0, 0.05) is 0 Å². The van der Waals surface area contributed by atoms with E-state index >= 15 is 0 Å². The molecule has 0 radical (unpaired) electrons. The summed E-state index contributed by atoms with van der Waals surface area (Å²) >= 11 is 0. The van der Waals surface area contributed by atoms with Crippen molar-refractivity contribution in [2.24, 2.45) is 0 Å². The van der Waals surface area contributed by atoms with Crippen molar-refractivity contribution in [3.8, 4) is 11.8 Å². The first-order chi connectivity index (χ1) is 6.72. The lowest BCUT2D eigenvalue weighted by atomic mass is 10.3. The topological polar surface area (TPSA) is 106 Å². The van der Waals surface area contributed by atoms with Gasteiger partial charge in [0.1, 0.15) is 11.5 Å². The number of nitrogens with zero attached hydrogens (tertiary/aromatic N) is 3. The number of H-pyrrole nitrogens is 1. The third-order valence-corrected chi connectivity index (χ3v) is 1.71. The molecule has 6 heteroatoms. The number of nitrogens with two attached hydrogens (primary N) is 2. The predicted molar refractivity (Wildman–Crippen MR) is 53.1 cm³/mol. The van der Waals surface area contributed by atoms with Crippen LogP contribution in [0.5, 0.6) is 0 Å². The van der Waals surface area contributed by atoms with E-state index in [1.54, 1.807) is 6.92 Å². The molecule has 2 aromatic heterocycles. The second kappa shape index (κ2) is 2.88. The first-order valence-corrected chi connectivity index (χ1v) is 3.92. The summed E-state index contributed by atoms with van der Waals surface area (Å²) in [5.41, 5.74) is 12.1. The molecule has 70 valence electrons. The molecule has 0 amide bonds. The highest BCUT2D eigenvalue weighted by Crippen LogP contribution is 2.19. The summed E-state index contributed by atoms with van der Waals surface area (Å²) in [7, 11) is 0. The molecule has 0 aliphatic carbocycles. The Kier molecular flexibility index (Phi) is 1.71. The van der Waals surface area contributed by atoms with Gasteiger partial charge in [-0.15, -0.1) is 0 Å². The molecular weight excluding hydrogens is 180 g/mol. The number of hydrogen-bond donors (Lipinski definition) is 3. The van der Waals surface area contributed by atoms with Crippen LogP contribution in [0.4, 0.5) is 11.8 Å².